The molecule has 0 bridgehead atoms. The summed E-state index contributed by atoms with van der Waals surface area (Å²) in [4.78, 5) is 13.3. The molecule has 0 aliphatic rings. The molecule has 0 aliphatic heterocycles. The highest BCUT2D eigenvalue weighted by Gasteiger charge is 2.31. The van der Waals surface area contributed by atoms with Gasteiger partial charge in [0.15, 0.2) is 0 Å². The van der Waals surface area contributed by atoms with Crippen molar-refractivity contribution in [3.8, 4) is 5.75 Å². The molecule has 0 spiro atoms. The van der Waals surface area contributed by atoms with Gasteiger partial charge in [0.05, 0.1) is 22.7 Å². The number of anilines is 2. The van der Waals surface area contributed by atoms with E-state index in [0.29, 0.717) is 5.56 Å². The van der Waals surface area contributed by atoms with Crippen LogP contribution in [0.4, 0.5) is 24.5 Å². The third-order valence-electron chi connectivity index (χ3n) is 5.26. The lowest BCUT2D eigenvalue weighted by Gasteiger charge is -2.26. The maximum atomic E-state index is 13.7. The Balaban J connectivity index is 1.69. The highest BCUT2D eigenvalue weighted by atomic mass is 32.2. The molecule has 0 atom stereocenters. The Morgan fingerprint density at radius 2 is 1.35 bits per heavy atom. The summed E-state index contributed by atoms with van der Waals surface area (Å²) >= 11 is 0. The van der Waals surface area contributed by atoms with Crippen LogP contribution in [0.25, 0.3) is 0 Å². The Morgan fingerprint density at radius 1 is 0.784 bits per heavy atom. The van der Waals surface area contributed by atoms with Crippen LogP contribution in [0.3, 0.4) is 0 Å². The highest BCUT2D eigenvalue weighted by molar-refractivity contribution is 7.92. The number of alkyl halides is 3. The van der Waals surface area contributed by atoms with Crippen LogP contribution in [-0.4, -0.2) is 20.7 Å². The SMILES string of the molecule is O=C(Nc1ccc(OC(F)(F)F)cc1)c1ccccc1N(Cc1ccccc1)S(=O)(=O)c1ccccc1. The molecule has 0 aliphatic carbocycles. The summed E-state index contributed by atoms with van der Waals surface area (Å²) < 4.78 is 69.7. The van der Waals surface area contributed by atoms with Crippen molar-refractivity contribution in [1.29, 1.82) is 0 Å². The lowest BCUT2D eigenvalue weighted by atomic mass is 10.1. The summed E-state index contributed by atoms with van der Waals surface area (Å²) in [7, 11) is -4.07. The first-order chi connectivity index (χ1) is 17.6. The molecule has 0 radical (unpaired) electrons. The van der Waals surface area contributed by atoms with Crippen LogP contribution in [0.5, 0.6) is 5.75 Å². The fourth-order valence-corrected chi connectivity index (χ4v) is 5.08. The molecule has 4 aromatic carbocycles. The number of amides is 1. The van der Waals surface area contributed by atoms with Gasteiger partial charge in [0.1, 0.15) is 5.75 Å². The molecule has 4 aromatic rings. The number of para-hydroxylation sites is 1. The molecule has 0 heterocycles. The second kappa shape index (κ2) is 10.8. The number of rotatable bonds is 8. The molecule has 6 nitrogen and oxygen atoms in total. The van der Waals surface area contributed by atoms with Crippen LogP contribution in [-0.2, 0) is 16.6 Å². The smallest absolute Gasteiger partial charge is 0.406 e. The van der Waals surface area contributed by atoms with Crippen LogP contribution < -0.4 is 14.4 Å². The third-order valence-corrected chi connectivity index (χ3v) is 7.04. The summed E-state index contributed by atoms with van der Waals surface area (Å²) in [5.41, 5.74) is 1.12. The predicted octanol–water partition coefficient (Wildman–Crippen LogP) is 6.23. The zero-order valence-corrected chi connectivity index (χ0v) is 20.0. The second-order valence-electron chi connectivity index (χ2n) is 7.85. The normalized spacial score (nSPS) is 11.5. The van der Waals surface area contributed by atoms with Crippen molar-refractivity contribution in [2.24, 2.45) is 0 Å². The van der Waals surface area contributed by atoms with E-state index in [1.165, 1.54) is 36.4 Å². The average Bonchev–Trinajstić information content (AvgIpc) is 2.88. The zero-order valence-electron chi connectivity index (χ0n) is 19.2. The third kappa shape index (κ3) is 6.47. The van der Waals surface area contributed by atoms with Gasteiger partial charge >= 0.3 is 6.36 Å². The molecular formula is C27H21F3N2O4S. The minimum atomic E-state index is -4.84. The van der Waals surface area contributed by atoms with Crippen LogP contribution in [0.1, 0.15) is 15.9 Å². The highest BCUT2D eigenvalue weighted by Crippen LogP contribution is 2.30. The van der Waals surface area contributed by atoms with Gasteiger partial charge in [-0.2, -0.15) is 0 Å². The average molecular weight is 527 g/mol. The Kier molecular flexibility index (Phi) is 7.49. The van der Waals surface area contributed by atoms with Gasteiger partial charge in [0.25, 0.3) is 15.9 Å². The topological polar surface area (TPSA) is 75.7 Å². The van der Waals surface area contributed by atoms with Crippen molar-refractivity contribution < 1.29 is 31.1 Å². The van der Waals surface area contributed by atoms with Crippen LogP contribution in [0.2, 0.25) is 0 Å². The molecule has 0 saturated carbocycles. The lowest BCUT2D eigenvalue weighted by Crippen LogP contribution is -2.32. The van der Waals surface area contributed by atoms with Gasteiger partial charge in [-0.1, -0.05) is 60.7 Å². The number of sulfonamides is 1. The van der Waals surface area contributed by atoms with Crippen LogP contribution in [0.15, 0.2) is 114 Å². The predicted molar refractivity (Wildman–Crippen MR) is 134 cm³/mol. The monoisotopic (exact) mass is 526 g/mol. The fraction of sp³-hybridized carbons (Fsp3) is 0.0741. The van der Waals surface area contributed by atoms with Gasteiger partial charge in [0.2, 0.25) is 0 Å². The molecule has 4 rings (SSSR count). The van der Waals surface area contributed by atoms with Crippen molar-refractivity contribution >= 4 is 27.3 Å². The minimum absolute atomic E-state index is 0.0359. The van der Waals surface area contributed by atoms with Gasteiger partial charge in [-0.15, -0.1) is 13.2 Å². The molecule has 1 N–H and O–H groups in total. The van der Waals surface area contributed by atoms with E-state index in [1.807, 2.05) is 6.07 Å². The largest absolute Gasteiger partial charge is 0.573 e. The number of halogens is 3. The molecule has 10 heteroatoms. The number of hydrogen-bond donors (Lipinski definition) is 1. The molecular weight excluding hydrogens is 505 g/mol. The van der Waals surface area contributed by atoms with Gasteiger partial charge in [-0.3, -0.25) is 9.10 Å². The van der Waals surface area contributed by atoms with Crippen molar-refractivity contribution in [3.63, 3.8) is 0 Å². The second-order valence-corrected chi connectivity index (χ2v) is 9.72. The van der Waals surface area contributed by atoms with E-state index in [2.05, 4.69) is 10.1 Å². The Labute approximate surface area is 212 Å². The van der Waals surface area contributed by atoms with E-state index in [1.54, 1.807) is 54.6 Å². The van der Waals surface area contributed by atoms with E-state index in [4.69, 9.17) is 0 Å². The molecule has 0 fully saturated rings. The number of hydrogen-bond acceptors (Lipinski definition) is 4. The Hall–Kier alpha value is -4.31. The summed E-state index contributed by atoms with van der Waals surface area (Å²) in [5, 5.41) is 2.60. The number of ether oxygens (including phenoxy) is 1. The quantitative estimate of drug-likeness (QED) is 0.295. The summed E-state index contributed by atoms with van der Waals surface area (Å²) in [6, 6.07) is 27.7. The number of nitrogens with one attached hydrogen (secondary N) is 1. The maximum absolute atomic E-state index is 13.7. The first-order valence-electron chi connectivity index (χ1n) is 11.0. The van der Waals surface area contributed by atoms with E-state index in [9.17, 15) is 26.4 Å². The first-order valence-corrected chi connectivity index (χ1v) is 12.5. The molecule has 1 amide bonds. The maximum Gasteiger partial charge on any atom is 0.573 e. The Morgan fingerprint density at radius 3 is 1.97 bits per heavy atom. The van der Waals surface area contributed by atoms with E-state index in [0.717, 1.165) is 16.4 Å². The number of nitrogens with zero attached hydrogens (tertiary/aromatic N) is 1. The van der Waals surface area contributed by atoms with E-state index in [-0.39, 0.29) is 28.4 Å². The summed E-state index contributed by atoms with van der Waals surface area (Å²) in [6.45, 7) is -0.0359. The molecule has 0 unspecified atom stereocenters. The van der Waals surface area contributed by atoms with Crippen LogP contribution in [0, 0.1) is 0 Å². The standard InChI is InChI=1S/C27H21F3N2O4S/c28-27(29,30)36-22-17-15-21(16-18-22)31-26(33)24-13-7-8-14-25(24)32(19-20-9-3-1-4-10-20)37(34,35)23-11-5-2-6-12-23/h1-18H,19H2,(H,31,33). The van der Waals surface area contributed by atoms with Crippen molar-refractivity contribution in [2.75, 3.05) is 9.62 Å². The fourth-order valence-electron chi connectivity index (χ4n) is 3.59. The first kappa shape index (κ1) is 25.8. The van der Waals surface area contributed by atoms with Crippen molar-refractivity contribution in [2.45, 2.75) is 17.8 Å². The van der Waals surface area contributed by atoms with Crippen molar-refractivity contribution in [3.05, 3.63) is 120 Å². The molecule has 37 heavy (non-hydrogen) atoms. The zero-order chi connectivity index (χ0) is 26.5. The van der Waals surface area contributed by atoms with Gasteiger partial charge < -0.3 is 10.1 Å². The molecule has 0 saturated heterocycles. The van der Waals surface area contributed by atoms with E-state index < -0.39 is 28.0 Å². The number of carbonyl (C=O) groups excluding carboxylic acids is 1. The van der Waals surface area contributed by atoms with Crippen molar-refractivity contribution in [1.82, 2.24) is 0 Å². The van der Waals surface area contributed by atoms with Gasteiger partial charge in [0, 0.05) is 5.69 Å². The van der Waals surface area contributed by atoms with E-state index >= 15 is 0 Å². The summed E-state index contributed by atoms with van der Waals surface area (Å²) in [6.07, 6.45) is -4.84. The van der Waals surface area contributed by atoms with Crippen LogP contribution >= 0.6 is 0 Å². The van der Waals surface area contributed by atoms with Gasteiger partial charge in [-0.05, 0) is 54.1 Å². The Bertz CT molecular complexity index is 1460. The number of benzene rings is 4. The summed E-state index contributed by atoms with van der Waals surface area (Å²) in [5.74, 6) is -1.07. The van der Waals surface area contributed by atoms with Gasteiger partial charge in [-0.25, -0.2) is 8.42 Å². The molecule has 190 valence electrons. The molecule has 0 aromatic heterocycles. The number of carbonyl (C=O) groups is 1. The minimum Gasteiger partial charge on any atom is -0.406 e. The lowest BCUT2D eigenvalue weighted by molar-refractivity contribution is -0.274.